The molecule has 0 aliphatic carbocycles. The molecule has 0 aliphatic heterocycles. The number of hydrogen-bond acceptors (Lipinski definition) is 2. The molecule has 0 bridgehead atoms. The summed E-state index contributed by atoms with van der Waals surface area (Å²) < 4.78 is 11.7. The van der Waals surface area contributed by atoms with Crippen LogP contribution in [0.2, 0.25) is 0 Å². The maximum atomic E-state index is 5.97. The fourth-order valence-electron chi connectivity index (χ4n) is 2.07. The summed E-state index contributed by atoms with van der Waals surface area (Å²) >= 11 is 0. The Bertz CT molecular complexity index is 343. The molecule has 0 amide bonds. The average Bonchev–Trinajstić information content (AvgIpc) is 2.39. The van der Waals surface area contributed by atoms with Gasteiger partial charge in [-0.3, -0.25) is 0 Å². The molecule has 0 saturated heterocycles. The van der Waals surface area contributed by atoms with E-state index in [1.807, 2.05) is 18.2 Å². The van der Waals surface area contributed by atoms with Crippen molar-refractivity contribution in [3.05, 3.63) is 35.9 Å². The lowest BCUT2D eigenvalue weighted by Gasteiger charge is -2.27. The zero-order chi connectivity index (χ0) is 15.0. The summed E-state index contributed by atoms with van der Waals surface area (Å²) in [7, 11) is -0.0478. The molecule has 3 heteroatoms. The van der Waals surface area contributed by atoms with Gasteiger partial charge >= 0.3 is 0 Å². The van der Waals surface area contributed by atoms with Crippen LogP contribution >= 0.6 is 7.92 Å². The molecule has 0 spiro atoms. The second-order valence-electron chi connectivity index (χ2n) is 5.81. The number of rotatable bonds is 9. The minimum Gasteiger partial charge on any atom is -0.374 e. The molecule has 20 heavy (non-hydrogen) atoms. The van der Waals surface area contributed by atoms with Gasteiger partial charge in [0.25, 0.3) is 0 Å². The van der Waals surface area contributed by atoms with Gasteiger partial charge in [0.15, 0.2) is 0 Å². The zero-order valence-corrected chi connectivity index (χ0v) is 14.4. The first-order chi connectivity index (χ1) is 9.50. The van der Waals surface area contributed by atoms with E-state index in [0.29, 0.717) is 13.2 Å². The predicted octanol–water partition coefficient (Wildman–Crippen LogP) is 4.86. The summed E-state index contributed by atoms with van der Waals surface area (Å²) in [6, 6.07) is 10.3. The summed E-state index contributed by atoms with van der Waals surface area (Å²) in [5.74, 6) is 0. The van der Waals surface area contributed by atoms with Crippen molar-refractivity contribution in [3.63, 3.8) is 0 Å². The molecule has 0 N–H and O–H groups in total. The predicted molar refractivity (Wildman–Crippen MR) is 88.7 cm³/mol. The Labute approximate surface area is 125 Å². The van der Waals surface area contributed by atoms with Crippen LogP contribution in [0, 0.1) is 0 Å². The SMILES string of the molecule is CC(C)P(CO[C@@H](C)COCc1ccccc1)C(C)C. The van der Waals surface area contributed by atoms with Gasteiger partial charge in [0, 0.05) is 0 Å². The van der Waals surface area contributed by atoms with Gasteiger partial charge in [-0.25, -0.2) is 0 Å². The smallest absolute Gasteiger partial charge is 0.0785 e. The molecule has 0 aromatic heterocycles. The number of hydrogen-bond donors (Lipinski definition) is 0. The van der Waals surface area contributed by atoms with Crippen molar-refractivity contribution < 1.29 is 9.47 Å². The van der Waals surface area contributed by atoms with E-state index in [1.54, 1.807) is 0 Å². The van der Waals surface area contributed by atoms with Crippen molar-refractivity contribution in [3.8, 4) is 0 Å². The molecule has 0 fully saturated rings. The molecule has 0 aliphatic rings. The highest BCUT2D eigenvalue weighted by Gasteiger charge is 2.17. The van der Waals surface area contributed by atoms with Gasteiger partial charge in [0.05, 0.1) is 25.7 Å². The van der Waals surface area contributed by atoms with Crippen molar-refractivity contribution in [2.45, 2.75) is 58.6 Å². The van der Waals surface area contributed by atoms with E-state index in [4.69, 9.17) is 9.47 Å². The quantitative estimate of drug-likeness (QED) is 0.606. The number of ether oxygens (including phenoxy) is 2. The molecule has 114 valence electrons. The Hall–Kier alpha value is -0.430. The largest absolute Gasteiger partial charge is 0.374 e. The van der Waals surface area contributed by atoms with Crippen LogP contribution in [0.15, 0.2) is 30.3 Å². The maximum Gasteiger partial charge on any atom is 0.0785 e. The first kappa shape index (κ1) is 17.6. The normalized spacial score (nSPS) is 13.4. The van der Waals surface area contributed by atoms with Gasteiger partial charge in [0.2, 0.25) is 0 Å². The molecular weight excluding hydrogens is 267 g/mol. The van der Waals surface area contributed by atoms with Crippen molar-refractivity contribution >= 4 is 7.92 Å². The van der Waals surface area contributed by atoms with E-state index < -0.39 is 0 Å². The van der Waals surface area contributed by atoms with E-state index in [2.05, 4.69) is 46.8 Å². The van der Waals surface area contributed by atoms with Crippen molar-refractivity contribution in [1.82, 2.24) is 0 Å². The van der Waals surface area contributed by atoms with E-state index in [1.165, 1.54) is 5.56 Å². The maximum absolute atomic E-state index is 5.97. The Kier molecular flexibility index (Phi) is 8.37. The summed E-state index contributed by atoms with van der Waals surface area (Å²) in [5, 5.41) is 0. The first-order valence-corrected chi connectivity index (χ1v) is 9.16. The van der Waals surface area contributed by atoms with Crippen LogP contribution in [0.3, 0.4) is 0 Å². The third-order valence-electron chi connectivity index (χ3n) is 3.30. The van der Waals surface area contributed by atoms with Crippen molar-refractivity contribution in [2.24, 2.45) is 0 Å². The van der Waals surface area contributed by atoms with Crippen LogP contribution < -0.4 is 0 Å². The minimum atomic E-state index is -0.0478. The van der Waals surface area contributed by atoms with E-state index in [0.717, 1.165) is 17.7 Å². The third-order valence-corrected chi connectivity index (χ3v) is 6.40. The molecule has 1 aromatic carbocycles. The highest BCUT2D eigenvalue weighted by atomic mass is 31.1. The molecule has 0 unspecified atom stereocenters. The fourth-order valence-corrected chi connectivity index (χ4v) is 4.29. The van der Waals surface area contributed by atoms with Crippen LogP contribution in [0.5, 0.6) is 0 Å². The molecule has 0 heterocycles. The van der Waals surface area contributed by atoms with E-state index >= 15 is 0 Å². The highest BCUT2D eigenvalue weighted by molar-refractivity contribution is 7.58. The van der Waals surface area contributed by atoms with Crippen molar-refractivity contribution in [2.75, 3.05) is 13.0 Å². The van der Waals surface area contributed by atoms with E-state index in [9.17, 15) is 0 Å². The van der Waals surface area contributed by atoms with Gasteiger partial charge in [-0.15, -0.1) is 0 Å². The Balaban J connectivity index is 2.21. The number of benzene rings is 1. The van der Waals surface area contributed by atoms with Gasteiger partial charge in [-0.2, -0.15) is 0 Å². The Morgan fingerprint density at radius 1 is 0.950 bits per heavy atom. The van der Waals surface area contributed by atoms with Crippen LogP contribution in [0.25, 0.3) is 0 Å². The monoisotopic (exact) mass is 296 g/mol. The second kappa shape index (κ2) is 9.50. The lowest BCUT2D eigenvalue weighted by Crippen LogP contribution is -2.18. The third kappa shape index (κ3) is 6.83. The standard InChI is InChI=1S/C17H29O2P/c1-14(2)20(15(3)4)13-19-16(5)11-18-12-17-9-7-6-8-10-17/h6-10,14-16H,11-13H2,1-5H3/t16-/m0/s1. The minimum absolute atomic E-state index is 0.0478. The van der Waals surface area contributed by atoms with Gasteiger partial charge in [-0.1, -0.05) is 65.9 Å². The van der Waals surface area contributed by atoms with Crippen LogP contribution in [-0.4, -0.2) is 30.4 Å². The molecule has 1 aromatic rings. The average molecular weight is 296 g/mol. The molecule has 0 saturated carbocycles. The Morgan fingerprint density at radius 3 is 2.10 bits per heavy atom. The topological polar surface area (TPSA) is 18.5 Å². The second-order valence-corrected chi connectivity index (χ2v) is 9.16. The van der Waals surface area contributed by atoms with Crippen LogP contribution in [-0.2, 0) is 16.1 Å². The van der Waals surface area contributed by atoms with Crippen molar-refractivity contribution in [1.29, 1.82) is 0 Å². The summed E-state index contributed by atoms with van der Waals surface area (Å²) in [6.45, 7) is 12.6. The summed E-state index contributed by atoms with van der Waals surface area (Å²) in [5.41, 5.74) is 2.66. The van der Waals surface area contributed by atoms with Gasteiger partial charge < -0.3 is 9.47 Å². The van der Waals surface area contributed by atoms with Gasteiger partial charge in [-0.05, 0) is 23.8 Å². The van der Waals surface area contributed by atoms with E-state index in [-0.39, 0.29) is 14.0 Å². The lowest BCUT2D eigenvalue weighted by atomic mass is 10.2. The molecule has 2 nitrogen and oxygen atoms in total. The summed E-state index contributed by atoms with van der Waals surface area (Å²) in [6.07, 6.45) is 1.06. The molecule has 1 rings (SSSR count). The Morgan fingerprint density at radius 2 is 1.55 bits per heavy atom. The molecule has 1 atom stereocenters. The zero-order valence-electron chi connectivity index (χ0n) is 13.5. The summed E-state index contributed by atoms with van der Waals surface area (Å²) in [4.78, 5) is 0. The van der Waals surface area contributed by atoms with Gasteiger partial charge in [0.1, 0.15) is 0 Å². The van der Waals surface area contributed by atoms with Crippen LogP contribution in [0.4, 0.5) is 0 Å². The van der Waals surface area contributed by atoms with Crippen LogP contribution in [0.1, 0.15) is 40.2 Å². The molecule has 0 radical (unpaired) electrons. The first-order valence-electron chi connectivity index (χ1n) is 7.49. The lowest BCUT2D eigenvalue weighted by molar-refractivity contribution is 0.00471. The fraction of sp³-hybridized carbons (Fsp3) is 0.647. The molecular formula is C17H29O2P. The highest BCUT2D eigenvalue weighted by Crippen LogP contribution is 2.45.